The molecule has 20 heavy (non-hydrogen) atoms. The minimum Gasteiger partial charge on any atom is -0.392 e. The van der Waals surface area contributed by atoms with Crippen LogP contribution in [-0.2, 0) is 16.6 Å². The Hall–Kier alpha value is -0.870. The van der Waals surface area contributed by atoms with Crippen molar-refractivity contribution in [1.29, 1.82) is 0 Å². The third kappa shape index (κ3) is 3.61. The Kier molecular flexibility index (Phi) is 6.21. The van der Waals surface area contributed by atoms with E-state index >= 15 is 0 Å². The van der Waals surface area contributed by atoms with E-state index in [1.54, 1.807) is 13.0 Å². The zero-order chi connectivity index (χ0) is 15.3. The Labute approximate surface area is 129 Å². The molecule has 1 aromatic carbocycles. The van der Waals surface area contributed by atoms with Gasteiger partial charge in [0.1, 0.15) is 0 Å². The van der Waals surface area contributed by atoms with Crippen LogP contribution in [0.5, 0.6) is 0 Å². The zero-order valence-electron chi connectivity index (χ0n) is 11.6. The first-order chi connectivity index (χ1) is 9.38. The number of aliphatic hydroxyl groups excluding tert-OH is 1. The zero-order valence-corrected chi connectivity index (χ0v) is 14.0. The van der Waals surface area contributed by atoms with Gasteiger partial charge in [-0.15, -0.1) is 6.42 Å². The first-order valence-electron chi connectivity index (χ1n) is 6.22. The van der Waals surface area contributed by atoms with Crippen molar-refractivity contribution in [2.24, 2.45) is 0 Å². The fourth-order valence-electron chi connectivity index (χ4n) is 1.86. The molecule has 0 saturated heterocycles. The molecule has 0 unspecified atom stereocenters. The standard InChI is InChI=1S/C14H18BrNO3S/c1-4-6-16(7-5-2)20(18,19)13-9-12(10-17)8-11(3)14(13)15/h1,8-9,17H,5-7,10H2,2-3H3. The van der Waals surface area contributed by atoms with Gasteiger partial charge >= 0.3 is 0 Å². The number of hydrogen-bond donors (Lipinski definition) is 1. The number of aliphatic hydroxyl groups is 1. The van der Waals surface area contributed by atoms with Crippen molar-refractivity contribution in [3.63, 3.8) is 0 Å². The van der Waals surface area contributed by atoms with E-state index < -0.39 is 10.0 Å². The molecule has 6 heteroatoms. The van der Waals surface area contributed by atoms with Gasteiger partial charge in [-0.2, -0.15) is 4.31 Å². The molecular formula is C14H18BrNO3S. The second kappa shape index (κ2) is 7.23. The molecule has 0 aromatic heterocycles. The van der Waals surface area contributed by atoms with Gasteiger partial charge in [-0.3, -0.25) is 0 Å². The molecule has 0 radical (unpaired) electrons. The predicted octanol–water partition coefficient (Wildman–Crippen LogP) is 2.28. The average molecular weight is 360 g/mol. The van der Waals surface area contributed by atoms with Crippen molar-refractivity contribution in [2.75, 3.05) is 13.1 Å². The summed E-state index contributed by atoms with van der Waals surface area (Å²) in [6.45, 7) is 3.86. The summed E-state index contributed by atoms with van der Waals surface area (Å²) < 4.78 is 27.1. The van der Waals surface area contributed by atoms with E-state index in [2.05, 4.69) is 21.9 Å². The van der Waals surface area contributed by atoms with Crippen LogP contribution in [0.2, 0.25) is 0 Å². The molecule has 4 nitrogen and oxygen atoms in total. The van der Waals surface area contributed by atoms with E-state index in [4.69, 9.17) is 6.42 Å². The summed E-state index contributed by atoms with van der Waals surface area (Å²) >= 11 is 3.31. The molecule has 0 aliphatic carbocycles. The number of sulfonamides is 1. The summed E-state index contributed by atoms with van der Waals surface area (Å²) in [4.78, 5) is 0.144. The van der Waals surface area contributed by atoms with Gasteiger partial charge in [0.15, 0.2) is 0 Å². The first kappa shape index (κ1) is 17.2. The molecule has 1 N–H and O–H groups in total. The fraction of sp³-hybridized carbons (Fsp3) is 0.429. The number of hydrogen-bond acceptors (Lipinski definition) is 3. The van der Waals surface area contributed by atoms with Gasteiger partial charge in [0.05, 0.1) is 18.0 Å². The molecule has 0 bridgehead atoms. The minimum absolute atomic E-state index is 0.0328. The van der Waals surface area contributed by atoms with E-state index in [-0.39, 0.29) is 18.0 Å². The highest BCUT2D eigenvalue weighted by Gasteiger charge is 2.26. The number of benzene rings is 1. The van der Waals surface area contributed by atoms with Crippen molar-refractivity contribution >= 4 is 26.0 Å². The molecule has 1 aromatic rings. The third-order valence-electron chi connectivity index (χ3n) is 2.82. The molecule has 0 aliphatic rings. The summed E-state index contributed by atoms with van der Waals surface area (Å²) in [6.07, 6.45) is 5.93. The van der Waals surface area contributed by atoms with E-state index in [0.29, 0.717) is 23.0 Å². The third-order valence-corrected chi connectivity index (χ3v) is 6.01. The Balaban J connectivity index is 3.40. The van der Waals surface area contributed by atoms with Gasteiger partial charge in [0, 0.05) is 11.0 Å². The van der Waals surface area contributed by atoms with Crippen LogP contribution in [0.1, 0.15) is 24.5 Å². The van der Waals surface area contributed by atoms with Crippen LogP contribution < -0.4 is 0 Å². The molecule has 0 aliphatic heterocycles. The Morgan fingerprint density at radius 3 is 2.60 bits per heavy atom. The minimum atomic E-state index is -3.68. The molecule has 0 amide bonds. The van der Waals surface area contributed by atoms with E-state index in [9.17, 15) is 13.5 Å². The Morgan fingerprint density at radius 2 is 2.10 bits per heavy atom. The second-order valence-corrected chi connectivity index (χ2v) is 7.13. The van der Waals surface area contributed by atoms with Crippen LogP contribution in [-0.4, -0.2) is 30.9 Å². The predicted molar refractivity (Wildman–Crippen MR) is 82.7 cm³/mol. The van der Waals surface area contributed by atoms with Gasteiger partial charge in [-0.25, -0.2) is 8.42 Å². The van der Waals surface area contributed by atoms with Crippen LogP contribution in [0.3, 0.4) is 0 Å². The largest absolute Gasteiger partial charge is 0.392 e. The fourth-order valence-corrected chi connectivity index (χ4v) is 4.34. The van der Waals surface area contributed by atoms with Gasteiger partial charge < -0.3 is 5.11 Å². The summed E-state index contributed by atoms with van der Waals surface area (Å²) in [5.74, 6) is 2.37. The Bertz CT molecular complexity index is 620. The molecule has 1 rings (SSSR count). The van der Waals surface area contributed by atoms with Gasteiger partial charge in [-0.05, 0) is 46.5 Å². The van der Waals surface area contributed by atoms with Crippen LogP contribution >= 0.6 is 15.9 Å². The average Bonchev–Trinajstić information content (AvgIpc) is 2.41. The van der Waals surface area contributed by atoms with E-state index in [1.807, 2.05) is 6.92 Å². The Morgan fingerprint density at radius 1 is 1.45 bits per heavy atom. The highest BCUT2D eigenvalue weighted by molar-refractivity contribution is 9.10. The maximum Gasteiger partial charge on any atom is 0.245 e. The summed E-state index contributed by atoms with van der Waals surface area (Å²) in [7, 11) is -3.68. The normalized spacial score (nSPS) is 11.6. The number of terminal acetylenes is 1. The highest BCUT2D eigenvalue weighted by Crippen LogP contribution is 2.29. The highest BCUT2D eigenvalue weighted by atomic mass is 79.9. The lowest BCUT2D eigenvalue weighted by Gasteiger charge is -2.21. The molecule has 110 valence electrons. The first-order valence-corrected chi connectivity index (χ1v) is 8.45. The maximum absolute atomic E-state index is 12.7. The van der Waals surface area contributed by atoms with E-state index in [0.717, 1.165) is 5.56 Å². The number of rotatable bonds is 6. The lowest BCUT2D eigenvalue weighted by molar-refractivity contribution is 0.281. The van der Waals surface area contributed by atoms with Gasteiger partial charge in [-0.1, -0.05) is 18.9 Å². The molecule has 0 atom stereocenters. The molecule has 0 spiro atoms. The molecule has 0 saturated carbocycles. The molecular weight excluding hydrogens is 342 g/mol. The van der Waals surface area contributed by atoms with Crippen LogP contribution in [0.15, 0.2) is 21.5 Å². The summed E-state index contributed by atoms with van der Waals surface area (Å²) in [5, 5.41) is 9.23. The lowest BCUT2D eigenvalue weighted by atomic mass is 10.1. The van der Waals surface area contributed by atoms with Crippen molar-refractivity contribution in [3.05, 3.63) is 27.7 Å². The lowest BCUT2D eigenvalue weighted by Crippen LogP contribution is -2.32. The monoisotopic (exact) mass is 359 g/mol. The SMILES string of the molecule is C#CCN(CCC)S(=O)(=O)c1cc(CO)cc(C)c1Br. The smallest absolute Gasteiger partial charge is 0.245 e. The van der Waals surface area contributed by atoms with E-state index in [1.165, 1.54) is 10.4 Å². The molecule has 0 fully saturated rings. The van der Waals surface area contributed by atoms with Crippen molar-refractivity contribution in [3.8, 4) is 12.3 Å². The summed E-state index contributed by atoms with van der Waals surface area (Å²) in [5.41, 5.74) is 1.31. The topological polar surface area (TPSA) is 57.6 Å². The van der Waals surface area contributed by atoms with Gasteiger partial charge in [0.25, 0.3) is 0 Å². The van der Waals surface area contributed by atoms with Crippen molar-refractivity contribution in [1.82, 2.24) is 4.31 Å². The van der Waals surface area contributed by atoms with Gasteiger partial charge in [0.2, 0.25) is 10.0 Å². The number of aryl methyl sites for hydroxylation is 1. The number of nitrogens with zero attached hydrogens (tertiary/aromatic N) is 1. The van der Waals surface area contributed by atoms with Crippen LogP contribution in [0.25, 0.3) is 0 Å². The van der Waals surface area contributed by atoms with Crippen molar-refractivity contribution < 1.29 is 13.5 Å². The van der Waals surface area contributed by atoms with Crippen LogP contribution in [0, 0.1) is 19.3 Å². The summed E-state index contributed by atoms with van der Waals surface area (Å²) in [6, 6.07) is 3.22. The van der Waals surface area contributed by atoms with Crippen LogP contribution in [0.4, 0.5) is 0 Å². The van der Waals surface area contributed by atoms with Crippen molar-refractivity contribution in [2.45, 2.75) is 31.8 Å². The second-order valence-electron chi connectivity index (χ2n) is 4.43. The molecule has 0 heterocycles. The maximum atomic E-state index is 12.7. The number of halogens is 1. The quantitative estimate of drug-likeness (QED) is 0.792.